The Hall–Kier alpha value is -1.62. The summed E-state index contributed by atoms with van der Waals surface area (Å²) in [5, 5.41) is 7.81. The van der Waals surface area contributed by atoms with Gasteiger partial charge in [0.25, 0.3) is 0 Å². The highest BCUT2D eigenvalue weighted by atomic mass is 16.2. The number of hydrogen-bond donors (Lipinski definition) is 1. The second-order valence-electron chi connectivity index (χ2n) is 5.87. The predicted molar refractivity (Wildman–Crippen MR) is 76.4 cm³/mol. The van der Waals surface area contributed by atoms with Crippen LogP contribution in [-0.4, -0.2) is 26.8 Å². The van der Waals surface area contributed by atoms with Gasteiger partial charge in [-0.25, -0.2) is 9.48 Å². The molecule has 1 N–H and O–H groups in total. The molecule has 0 aliphatic rings. The third-order valence-electron chi connectivity index (χ3n) is 3.34. The maximum absolute atomic E-state index is 12.2. The molecule has 19 heavy (non-hydrogen) atoms. The van der Waals surface area contributed by atoms with Crippen LogP contribution in [-0.2, 0) is 6.54 Å². The molecular weight excluding hydrogens is 240 g/mol. The highest BCUT2D eigenvalue weighted by molar-refractivity contribution is 5.35. The minimum absolute atomic E-state index is 0.0747. The standard InChI is InChI=1S/C14H22N4O/c1-5-15-11(14(2,3)4)10-18-13(19)17-9-7-6-8-12(17)16-18/h6-9,11,15H,5,10H2,1-4H3. The van der Waals surface area contributed by atoms with Crippen LogP contribution in [0.25, 0.3) is 5.65 Å². The van der Waals surface area contributed by atoms with E-state index in [2.05, 4.69) is 38.1 Å². The van der Waals surface area contributed by atoms with E-state index in [1.54, 1.807) is 15.3 Å². The molecule has 0 saturated carbocycles. The van der Waals surface area contributed by atoms with Gasteiger partial charge in [-0.1, -0.05) is 33.8 Å². The molecule has 5 heteroatoms. The molecule has 5 nitrogen and oxygen atoms in total. The van der Waals surface area contributed by atoms with Crippen molar-refractivity contribution in [3.05, 3.63) is 34.9 Å². The summed E-state index contributed by atoms with van der Waals surface area (Å²) >= 11 is 0. The Morgan fingerprint density at radius 1 is 1.37 bits per heavy atom. The fourth-order valence-corrected chi connectivity index (χ4v) is 2.15. The van der Waals surface area contributed by atoms with Crippen molar-refractivity contribution >= 4 is 5.65 Å². The van der Waals surface area contributed by atoms with Crippen molar-refractivity contribution < 1.29 is 0 Å². The Labute approximate surface area is 113 Å². The number of fused-ring (bicyclic) bond motifs is 1. The highest BCUT2D eigenvalue weighted by Gasteiger charge is 2.25. The summed E-state index contributed by atoms with van der Waals surface area (Å²) in [6.45, 7) is 10.0. The molecule has 0 fully saturated rings. The van der Waals surface area contributed by atoms with Gasteiger partial charge in [0.15, 0.2) is 5.65 Å². The number of hydrogen-bond acceptors (Lipinski definition) is 3. The van der Waals surface area contributed by atoms with Gasteiger partial charge in [0.05, 0.1) is 6.54 Å². The molecule has 2 rings (SSSR count). The Morgan fingerprint density at radius 3 is 2.68 bits per heavy atom. The van der Waals surface area contributed by atoms with Gasteiger partial charge in [0, 0.05) is 12.2 Å². The summed E-state index contributed by atoms with van der Waals surface area (Å²) in [5.74, 6) is 0. The topological polar surface area (TPSA) is 51.3 Å². The summed E-state index contributed by atoms with van der Waals surface area (Å²) in [6, 6.07) is 5.78. The van der Waals surface area contributed by atoms with Gasteiger partial charge in [-0.3, -0.25) is 4.40 Å². The normalized spacial score (nSPS) is 13.9. The molecule has 2 aromatic heterocycles. The SMILES string of the molecule is CCNC(Cn1nc2ccccn2c1=O)C(C)(C)C. The van der Waals surface area contributed by atoms with Gasteiger partial charge in [0.2, 0.25) is 0 Å². The lowest BCUT2D eigenvalue weighted by Gasteiger charge is -2.30. The van der Waals surface area contributed by atoms with Crippen LogP contribution in [0.3, 0.4) is 0 Å². The molecule has 0 aromatic carbocycles. The van der Waals surface area contributed by atoms with Gasteiger partial charge in [-0.15, -0.1) is 5.10 Å². The van der Waals surface area contributed by atoms with E-state index in [0.717, 1.165) is 6.54 Å². The summed E-state index contributed by atoms with van der Waals surface area (Å²) in [7, 11) is 0. The molecule has 2 heterocycles. The molecule has 0 spiro atoms. The number of rotatable bonds is 4. The minimum Gasteiger partial charge on any atom is -0.312 e. The fraction of sp³-hybridized carbons (Fsp3) is 0.571. The zero-order chi connectivity index (χ0) is 14.0. The summed E-state index contributed by atoms with van der Waals surface area (Å²) in [5.41, 5.74) is 0.685. The first-order valence-electron chi connectivity index (χ1n) is 6.71. The number of aromatic nitrogens is 3. The van der Waals surface area contributed by atoms with Gasteiger partial charge < -0.3 is 5.32 Å². The highest BCUT2D eigenvalue weighted by Crippen LogP contribution is 2.20. The summed E-state index contributed by atoms with van der Waals surface area (Å²) in [4.78, 5) is 12.2. The first kappa shape index (κ1) is 13.8. The first-order chi connectivity index (χ1) is 8.93. The van der Waals surface area contributed by atoms with E-state index in [1.165, 1.54) is 0 Å². The van der Waals surface area contributed by atoms with Crippen molar-refractivity contribution in [2.45, 2.75) is 40.3 Å². The van der Waals surface area contributed by atoms with E-state index in [-0.39, 0.29) is 17.1 Å². The quantitative estimate of drug-likeness (QED) is 0.909. The van der Waals surface area contributed by atoms with Gasteiger partial charge in [0.1, 0.15) is 0 Å². The molecule has 0 radical (unpaired) electrons. The summed E-state index contributed by atoms with van der Waals surface area (Å²) < 4.78 is 3.12. The van der Waals surface area contributed by atoms with E-state index in [0.29, 0.717) is 12.2 Å². The number of pyridine rings is 1. The average molecular weight is 262 g/mol. The maximum Gasteiger partial charge on any atom is 0.350 e. The zero-order valence-electron chi connectivity index (χ0n) is 12.1. The molecule has 0 saturated heterocycles. The predicted octanol–water partition coefficient (Wildman–Crippen LogP) is 1.52. The van der Waals surface area contributed by atoms with Crippen molar-refractivity contribution in [1.29, 1.82) is 0 Å². The van der Waals surface area contributed by atoms with Crippen molar-refractivity contribution in [3.8, 4) is 0 Å². The Kier molecular flexibility index (Phi) is 3.75. The van der Waals surface area contributed by atoms with E-state index in [1.807, 2.05) is 18.2 Å². The second-order valence-corrected chi connectivity index (χ2v) is 5.87. The van der Waals surface area contributed by atoms with Gasteiger partial charge in [-0.05, 0) is 24.1 Å². The van der Waals surface area contributed by atoms with Gasteiger partial charge >= 0.3 is 5.69 Å². The maximum atomic E-state index is 12.2. The van der Waals surface area contributed by atoms with Crippen LogP contribution in [0.2, 0.25) is 0 Å². The van der Waals surface area contributed by atoms with Crippen LogP contribution in [0, 0.1) is 5.41 Å². The van der Waals surface area contributed by atoms with Crippen LogP contribution in [0.5, 0.6) is 0 Å². The number of nitrogens with one attached hydrogen (secondary N) is 1. The lowest BCUT2D eigenvalue weighted by molar-refractivity contribution is 0.236. The largest absolute Gasteiger partial charge is 0.350 e. The van der Waals surface area contributed by atoms with Crippen LogP contribution in [0.15, 0.2) is 29.2 Å². The van der Waals surface area contributed by atoms with Gasteiger partial charge in [-0.2, -0.15) is 0 Å². The molecule has 0 amide bonds. The Morgan fingerprint density at radius 2 is 2.11 bits per heavy atom. The molecule has 1 atom stereocenters. The molecule has 2 aromatic rings. The van der Waals surface area contributed by atoms with Crippen LogP contribution >= 0.6 is 0 Å². The Bertz CT molecular complexity index is 606. The van der Waals surface area contributed by atoms with Crippen LogP contribution < -0.4 is 11.0 Å². The number of nitrogens with zero attached hydrogens (tertiary/aromatic N) is 3. The van der Waals surface area contributed by atoms with Crippen molar-refractivity contribution in [1.82, 2.24) is 19.5 Å². The van der Waals surface area contributed by atoms with Crippen molar-refractivity contribution in [2.75, 3.05) is 6.54 Å². The third kappa shape index (κ3) is 2.87. The third-order valence-corrected chi connectivity index (χ3v) is 3.34. The second kappa shape index (κ2) is 5.17. The van der Waals surface area contributed by atoms with Crippen LogP contribution in [0.1, 0.15) is 27.7 Å². The first-order valence-corrected chi connectivity index (χ1v) is 6.71. The molecule has 0 aliphatic carbocycles. The summed E-state index contributed by atoms with van der Waals surface area (Å²) in [6.07, 6.45) is 1.75. The lowest BCUT2D eigenvalue weighted by Crippen LogP contribution is -2.45. The van der Waals surface area contributed by atoms with E-state index in [4.69, 9.17) is 0 Å². The fourth-order valence-electron chi connectivity index (χ4n) is 2.15. The number of likely N-dealkylation sites (N-methyl/N-ethyl adjacent to an activating group) is 1. The molecule has 1 unspecified atom stereocenters. The van der Waals surface area contributed by atoms with E-state index in [9.17, 15) is 4.79 Å². The molecule has 0 bridgehead atoms. The van der Waals surface area contributed by atoms with E-state index < -0.39 is 0 Å². The molecule has 104 valence electrons. The van der Waals surface area contributed by atoms with E-state index >= 15 is 0 Å². The zero-order valence-corrected chi connectivity index (χ0v) is 12.1. The lowest BCUT2D eigenvalue weighted by atomic mass is 9.86. The molecular formula is C14H22N4O. The average Bonchev–Trinajstić information content (AvgIpc) is 2.65. The minimum atomic E-state index is -0.0808. The Balaban J connectivity index is 2.34. The monoisotopic (exact) mass is 262 g/mol. The van der Waals surface area contributed by atoms with Crippen molar-refractivity contribution in [2.24, 2.45) is 5.41 Å². The smallest absolute Gasteiger partial charge is 0.312 e. The van der Waals surface area contributed by atoms with Crippen LogP contribution in [0.4, 0.5) is 0 Å². The molecule has 0 aliphatic heterocycles. The van der Waals surface area contributed by atoms with Crippen molar-refractivity contribution in [3.63, 3.8) is 0 Å².